The van der Waals surface area contributed by atoms with E-state index in [1.54, 1.807) is 18.3 Å². The fourth-order valence-electron chi connectivity index (χ4n) is 4.17. The number of anilines is 1. The highest BCUT2D eigenvalue weighted by Gasteiger charge is 2.39. The molecule has 5 N–H and O–H groups in total. The van der Waals surface area contributed by atoms with Crippen molar-refractivity contribution in [2.24, 2.45) is 0 Å². The van der Waals surface area contributed by atoms with E-state index in [4.69, 9.17) is 11.6 Å². The number of aromatic nitrogens is 2. The minimum atomic E-state index is -4.60. The molecule has 2 amide bonds. The Morgan fingerprint density at radius 3 is 2.49 bits per heavy atom. The number of hydrogen-bond donors (Lipinski definition) is 5. The summed E-state index contributed by atoms with van der Waals surface area (Å²) in [6.07, 6.45) is -1.92. The molecule has 1 heterocycles. The first-order valence-corrected chi connectivity index (χ1v) is 11.8. The van der Waals surface area contributed by atoms with Gasteiger partial charge in [0.25, 0.3) is 11.8 Å². The fraction of sp³-hybridized carbons (Fsp3) is 0.478. The van der Waals surface area contributed by atoms with Crippen LogP contribution in [0.5, 0.6) is 0 Å². The van der Waals surface area contributed by atoms with Crippen molar-refractivity contribution >= 4 is 34.9 Å². The summed E-state index contributed by atoms with van der Waals surface area (Å²) >= 11 is 6.08. The molecule has 1 aromatic heterocycles. The van der Waals surface area contributed by atoms with Gasteiger partial charge in [0.1, 0.15) is 23.8 Å². The van der Waals surface area contributed by atoms with Gasteiger partial charge in [-0.1, -0.05) is 11.6 Å². The minimum absolute atomic E-state index is 0.0867. The molecule has 0 radical (unpaired) electrons. The van der Waals surface area contributed by atoms with Crippen LogP contribution in [0.1, 0.15) is 59.1 Å². The standard InChI is InChI=1S/C23H27ClF4N6O3/c1-12-7-17(15(24)8-16(12)25)30-11-33-22(13(2)35)5-3-14(4-6-22)34-21(37)19-18(31-10-32-19)20(36)29-9-23(26,27)28/h7-8,10,14,30,33H,3-6,9,11H2,1-2H3,(H,29,36)(H,31,32)(H,34,37). The predicted octanol–water partition coefficient (Wildman–Crippen LogP) is 3.46. The average molecular weight is 547 g/mol. The van der Waals surface area contributed by atoms with Crippen molar-refractivity contribution in [3.63, 3.8) is 0 Å². The monoisotopic (exact) mass is 546 g/mol. The van der Waals surface area contributed by atoms with Gasteiger partial charge in [0.15, 0.2) is 5.69 Å². The molecule has 0 spiro atoms. The van der Waals surface area contributed by atoms with Crippen LogP contribution < -0.4 is 21.3 Å². The zero-order valence-corrected chi connectivity index (χ0v) is 20.9. The predicted molar refractivity (Wildman–Crippen MR) is 128 cm³/mol. The SMILES string of the molecule is CC(=O)C1(NCNc2cc(C)c(F)cc2Cl)CCC(NC(=O)c2nc[nH]c2C(=O)NCC(F)(F)F)CC1. The zero-order chi connectivity index (χ0) is 27.4. The molecule has 37 heavy (non-hydrogen) atoms. The third-order valence-corrected chi connectivity index (χ3v) is 6.65. The number of halogens is 5. The third-order valence-electron chi connectivity index (χ3n) is 6.33. The van der Waals surface area contributed by atoms with Crippen LogP contribution in [-0.4, -0.2) is 58.5 Å². The summed E-state index contributed by atoms with van der Waals surface area (Å²) in [5, 5.41) is 10.9. The van der Waals surface area contributed by atoms with Crippen molar-refractivity contribution in [2.75, 3.05) is 18.5 Å². The topological polar surface area (TPSA) is 128 Å². The molecular formula is C23H27ClF4N6O3. The first-order valence-electron chi connectivity index (χ1n) is 11.5. The van der Waals surface area contributed by atoms with Gasteiger partial charge in [0, 0.05) is 6.04 Å². The number of nitrogens with one attached hydrogen (secondary N) is 5. The number of alkyl halides is 3. The first kappa shape index (κ1) is 28.4. The van der Waals surface area contributed by atoms with Crippen molar-refractivity contribution < 1.29 is 31.9 Å². The quantitative estimate of drug-likeness (QED) is 0.242. The lowest BCUT2D eigenvalue weighted by molar-refractivity contribution is -0.125. The number of rotatable bonds is 9. The summed E-state index contributed by atoms with van der Waals surface area (Å²) in [7, 11) is 0. The summed E-state index contributed by atoms with van der Waals surface area (Å²) in [5.74, 6) is -2.33. The summed E-state index contributed by atoms with van der Waals surface area (Å²) < 4.78 is 50.8. The van der Waals surface area contributed by atoms with Crippen LogP contribution >= 0.6 is 11.6 Å². The Bertz CT molecular complexity index is 1160. The highest BCUT2D eigenvalue weighted by atomic mass is 35.5. The number of imidazole rings is 1. The Hall–Kier alpha value is -3.19. The van der Waals surface area contributed by atoms with Crippen molar-refractivity contribution in [2.45, 2.75) is 57.3 Å². The number of hydrogen-bond acceptors (Lipinski definition) is 6. The van der Waals surface area contributed by atoms with Crippen LogP contribution in [0.25, 0.3) is 0 Å². The molecule has 0 atom stereocenters. The lowest BCUT2D eigenvalue weighted by Gasteiger charge is -2.39. The van der Waals surface area contributed by atoms with Crippen LogP contribution in [0.3, 0.4) is 0 Å². The number of carbonyl (C=O) groups is 3. The maximum absolute atomic E-state index is 13.6. The molecule has 0 saturated heterocycles. The van der Waals surface area contributed by atoms with E-state index in [0.717, 1.165) is 6.33 Å². The molecule has 202 valence electrons. The van der Waals surface area contributed by atoms with Gasteiger partial charge < -0.3 is 20.9 Å². The molecule has 0 aliphatic heterocycles. The van der Waals surface area contributed by atoms with Crippen molar-refractivity contribution in [1.82, 2.24) is 25.9 Å². The van der Waals surface area contributed by atoms with Gasteiger partial charge in [-0.3, -0.25) is 19.7 Å². The number of ketones is 1. The number of amides is 2. The van der Waals surface area contributed by atoms with E-state index in [9.17, 15) is 31.9 Å². The van der Waals surface area contributed by atoms with Crippen molar-refractivity contribution in [1.29, 1.82) is 0 Å². The van der Waals surface area contributed by atoms with Crippen LogP contribution in [-0.2, 0) is 4.79 Å². The largest absolute Gasteiger partial charge is 0.405 e. The number of nitrogens with zero attached hydrogens (tertiary/aromatic N) is 1. The molecule has 0 unspecified atom stereocenters. The van der Waals surface area contributed by atoms with Gasteiger partial charge in [0.05, 0.1) is 29.2 Å². The van der Waals surface area contributed by atoms with E-state index in [1.807, 2.05) is 0 Å². The molecule has 1 fully saturated rings. The maximum atomic E-state index is 13.6. The summed E-state index contributed by atoms with van der Waals surface area (Å²) in [6.45, 7) is 1.72. The van der Waals surface area contributed by atoms with Gasteiger partial charge >= 0.3 is 6.18 Å². The third kappa shape index (κ3) is 7.19. The Morgan fingerprint density at radius 1 is 1.19 bits per heavy atom. The molecule has 1 aliphatic rings. The lowest BCUT2D eigenvalue weighted by Crippen LogP contribution is -2.56. The molecule has 14 heteroatoms. The summed E-state index contributed by atoms with van der Waals surface area (Å²) in [6, 6.07) is 2.43. The molecule has 1 saturated carbocycles. The first-order chi connectivity index (χ1) is 17.3. The van der Waals surface area contributed by atoms with E-state index in [-0.39, 0.29) is 34.9 Å². The normalized spacial score (nSPS) is 19.8. The summed E-state index contributed by atoms with van der Waals surface area (Å²) in [4.78, 5) is 43.4. The van der Waals surface area contributed by atoms with E-state index in [2.05, 4.69) is 25.9 Å². The second-order valence-electron chi connectivity index (χ2n) is 8.92. The minimum Gasteiger partial charge on any atom is -0.371 e. The molecule has 1 aliphatic carbocycles. The summed E-state index contributed by atoms with van der Waals surface area (Å²) in [5.41, 5.74) is -0.621. The highest BCUT2D eigenvalue weighted by molar-refractivity contribution is 6.33. The molecular weight excluding hydrogens is 520 g/mol. The van der Waals surface area contributed by atoms with E-state index in [1.165, 1.54) is 13.0 Å². The van der Waals surface area contributed by atoms with Gasteiger partial charge in [-0.15, -0.1) is 0 Å². The number of benzene rings is 1. The smallest absolute Gasteiger partial charge is 0.371 e. The number of aryl methyl sites for hydroxylation is 1. The van der Waals surface area contributed by atoms with E-state index in [0.29, 0.717) is 36.9 Å². The van der Waals surface area contributed by atoms with Gasteiger partial charge in [-0.2, -0.15) is 13.2 Å². The molecule has 9 nitrogen and oxygen atoms in total. The number of Topliss-reactive ketones (excluding diaryl/α,β-unsaturated/α-hetero) is 1. The second kappa shape index (κ2) is 11.5. The molecule has 3 rings (SSSR count). The zero-order valence-electron chi connectivity index (χ0n) is 20.1. The molecule has 2 aromatic rings. The molecule has 0 bridgehead atoms. The van der Waals surface area contributed by atoms with Crippen LogP contribution in [0.2, 0.25) is 5.02 Å². The average Bonchev–Trinajstić information content (AvgIpc) is 3.32. The van der Waals surface area contributed by atoms with Gasteiger partial charge in [-0.25, -0.2) is 9.37 Å². The van der Waals surface area contributed by atoms with Gasteiger partial charge in [0.2, 0.25) is 0 Å². The van der Waals surface area contributed by atoms with Crippen molar-refractivity contribution in [3.8, 4) is 0 Å². The Balaban J connectivity index is 1.56. The van der Waals surface area contributed by atoms with E-state index >= 15 is 0 Å². The molecule has 1 aromatic carbocycles. The van der Waals surface area contributed by atoms with Crippen LogP contribution in [0.4, 0.5) is 23.2 Å². The number of carbonyl (C=O) groups excluding carboxylic acids is 3. The maximum Gasteiger partial charge on any atom is 0.405 e. The second-order valence-corrected chi connectivity index (χ2v) is 9.33. The Labute approximate surface area is 215 Å². The van der Waals surface area contributed by atoms with Gasteiger partial charge in [-0.05, 0) is 57.2 Å². The highest BCUT2D eigenvalue weighted by Crippen LogP contribution is 2.30. The van der Waals surface area contributed by atoms with Crippen LogP contribution in [0.15, 0.2) is 18.5 Å². The number of aromatic amines is 1. The van der Waals surface area contributed by atoms with Crippen LogP contribution in [0, 0.1) is 12.7 Å². The Morgan fingerprint density at radius 2 is 1.86 bits per heavy atom. The fourth-order valence-corrected chi connectivity index (χ4v) is 4.39. The lowest BCUT2D eigenvalue weighted by atomic mass is 9.77. The Kier molecular flexibility index (Phi) is 8.80. The van der Waals surface area contributed by atoms with Crippen molar-refractivity contribution in [3.05, 3.63) is 46.3 Å². The number of H-pyrrole nitrogens is 1. The van der Waals surface area contributed by atoms with E-state index < -0.39 is 35.9 Å².